The van der Waals surface area contributed by atoms with E-state index in [1.807, 2.05) is 25.1 Å². The highest BCUT2D eigenvalue weighted by atomic mass is 35.5. The van der Waals surface area contributed by atoms with E-state index in [2.05, 4.69) is 9.97 Å². The Bertz CT molecular complexity index is 520. The van der Waals surface area contributed by atoms with Crippen LogP contribution in [-0.4, -0.2) is 16.6 Å². The van der Waals surface area contributed by atoms with Crippen LogP contribution in [0.2, 0.25) is 0 Å². The molecular weight excluding hydrogens is 264 g/mol. The van der Waals surface area contributed by atoms with Gasteiger partial charge in [-0.2, -0.15) is 0 Å². The van der Waals surface area contributed by atoms with Gasteiger partial charge in [0.1, 0.15) is 6.61 Å². The lowest BCUT2D eigenvalue weighted by atomic mass is 10.2. The second-order valence-electron chi connectivity index (χ2n) is 3.80. The van der Waals surface area contributed by atoms with Gasteiger partial charge in [-0.25, -0.2) is 9.97 Å². The lowest BCUT2D eigenvalue weighted by Crippen LogP contribution is -2.03. The van der Waals surface area contributed by atoms with Crippen molar-refractivity contribution in [2.45, 2.75) is 19.4 Å². The Morgan fingerprint density at radius 3 is 2.58 bits per heavy atom. The summed E-state index contributed by atoms with van der Waals surface area (Å²) in [6.07, 6.45) is 3.37. The zero-order valence-corrected chi connectivity index (χ0v) is 11.4. The maximum Gasteiger partial charge on any atom is 0.166 e. The molecule has 1 heterocycles. The number of ether oxygens (including phenoxy) is 2. The standard InChI is InChI=1S/C14H15ClN2O2/c1-2-18-13-8-11(9-15)4-5-12(13)19-10-14-16-6-3-7-17-14/h3-8H,2,9-10H2,1H3. The average molecular weight is 279 g/mol. The molecule has 100 valence electrons. The van der Waals surface area contributed by atoms with Gasteiger partial charge in [-0.05, 0) is 30.7 Å². The molecule has 0 N–H and O–H groups in total. The molecule has 0 aliphatic carbocycles. The second kappa shape index (κ2) is 6.95. The smallest absolute Gasteiger partial charge is 0.166 e. The predicted octanol–water partition coefficient (Wildman–Crippen LogP) is 3.19. The normalized spacial score (nSPS) is 10.2. The van der Waals surface area contributed by atoms with Gasteiger partial charge in [0.15, 0.2) is 17.3 Å². The fourth-order valence-corrected chi connectivity index (χ4v) is 1.74. The van der Waals surface area contributed by atoms with Crippen molar-refractivity contribution in [3.05, 3.63) is 48.0 Å². The number of aromatic nitrogens is 2. The van der Waals surface area contributed by atoms with Crippen LogP contribution in [-0.2, 0) is 12.5 Å². The summed E-state index contributed by atoms with van der Waals surface area (Å²) in [5, 5.41) is 0. The van der Waals surface area contributed by atoms with Crippen LogP contribution in [0.15, 0.2) is 36.7 Å². The Labute approximate surface area is 117 Å². The molecule has 5 heteroatoms. The van der Waals surface area contributed by atoms with Gasteiger partial charge in [-0.15, -0.1) is 11.6 Å². The number of benzene rings is 1. The van der Waals surface area contributed by atoms with Crippen LogP contribution in [0.3, 0.4) is 0 Å². The average Bonchev–Trinajstić information content (AvgIpc) is 2.47. The Morgan fingerprint density at radius 2 is 1.89 bits per heavy atom. The van der Waals surface area contributed by atoms with Gasteiger partial charge in [0.05, 0.1) is 6.61 Å². The molecule has 4 nitrogen and oxygen atoms in total. The van der Waals surface area contributed by atoms with E-state index in [1.54, 1.807) is 18.5 Å². The summed E-state index contributed by atoms with van der Waals surface area (Å²) >= 11 is 5.81. The quantitative estimate of drug-likeness (QED) is 0.761. The summed E-state index contributed by atoms with van der Waals surface area (Å²) < 4.78 is 11.2. The first-order chi connectivity index (χ1) is 9.33. The van der Waals surface area contributed by atoms with Gasteiger partial charge in [-0.1, -0.05) is 6.07 Å². The van der Waals surface area contributed by atoms with Gasteiger partial charge < -0.3 is 9.47 Å². The van der Waals surface area contributed by atoms with Crippen molar-refractivity contribution in [1.29, 1.82) is 0 Å². The first-order valence-corrected chi connectivity index (χ1v) is 6.57. The molecule has 0 aliphatic heterocycles. The minimum absolute atomic E-state index is 0.307. The van der Waals surface area contributed by atoms with E-state index in [9.17, 15) is 0 Å². The molecule has 0 amide bonds. The van der Waals surface area contributed by atoms with E-state index in [4.69, 9.17) is 21.1 Å². The van der Waals surface area contributed by atoms with Crippen molar-refractivity contribution >= 4 is 11.6 Å². The molecule has 0 atom stereocenters. The van der Waals surface area contributed by atoms with Crippen LogP contribution in [0.1, 0.15) is 18.3 Å². The summed E-state index contributed by atoms with van der Waals surface area (Å²) in [7, 11) is 0. The first-order valence-electron chi connectivity index (χ1n) is 6.04. The third kappa shape index (κ3) is 3.83. The molecule has 0 unspecified atom stereocenters. The predicted molar refractivity (Wildman–Crippen MR) is 73.5 cm³/mol. The Morgan fingerprint density at radius 1 is 1.11 bits per heavy atom. The summed E-state index contributed by atoms with van der Waals surface area (Å²) in [6.45, 7) is 2.81. The number of rotatable bonds is 6. The maximum atomic E-state index is 5.81. The molecule has 0 bridgehead atoms. The van der Waals surface area contributed by atoms with E-state index in [1.165, 1.54) is 0 Å². The van der Waals surface area contributed by atoms with E-state index >= 15 is 0 Å². The van der Waals surface area contributed by atoms with Crippen LogP contribution in [0.4, 0.5) is 0 Å². The minimum atomic E-state index is 0.307. The molecule has 0 spiro atoms. The highest BCUT2D eigenvalue weighted by Crippen LogP contribution is 2.29. The van der Waals surface area contributed by atoms with Crippen molar-refractivity contribution in [2.24, 2.45) is 0 Å². The third-order valence-corrected chi connectivity index (χ3v) is 2.75. The summed E-state index contributed by atoms with van der Waals surface area (Å²) in [5.41, 5.74) is 0.994. The fourth-order valence-electron chi connectivity index (χ4n) is 1.57. The summed E-state index contributed by atoms with van der Waals surface area (Å²) in [4.78, 5) is 8.21. The van der Waals surface area contributed by atoms with E-state index < -0.39 is 0 Å². The van der Waals surface area contributed by atoms with Crippen LogP contribution in [0, 0.1) is 0 Å². The molecule has 0 saturated heterocycles. The highest BCUT2D eigenvalue weighted by molar-refractivity contribution is 6.17. The number of nitrogens with zero attached hydrogens (tertiary/aromatic N) is 2. The zero-order valence-electron chi connectivity index (χ0n) is 10.7. The summed E-state index contributed by atoms with van der Waals surface area (Å²) in [5.74, 6) is 2.44. The van der Waals surface area contributed by atoms with Crippen molar-refractivity contribution < 1.29 is 9.47 Å². The van der Waals surface area contributed by atoms with Gasteiger partial charge in [0, 0.05) is 18.3 Å². The van der Waals surface area contributed by atoms with Gasteiger partial charge in [-0.3, -0.25) is 0 Å². The molecule has 19 heavy (non-hydrogen) atoms. The molecule has 0 saturated carbocycles. The molecule has 0 radical (unpaired) electrons. The van der Waals surface area contributed by atoms with E-state index in [-0.39, 0.29) is 0 Å². The van der Waals surface area contributed by atoms with Crippen molar-refractivity contribution in [1.82, 2.24) is 9.97 Å². The van der Waals surface area contributed by atoms with E-state index in [0.717, 1.165) is 5.56 Å². The SMILES string of the molecule is CCOc1cc(CCl)ccc1OCc1ncccn1. The lowest BCUT2D eigenvalue weighted by Gasteiger charge is -2.12. The van der Waals surface area contributed by atoms with Crippen LogP contribution < -0.4 is 9.47 Å². The second-order valence-corrected chi connectivity index (χ2v) is 4.07. The monoisotopic (exact) mass is 278 g/mol. The van der Waals surface area contributed by atoms with Crippen LogP contribution in [0.5, 0.6) is 11.5 Å². The lowest BCUT2D eigenvalue weighted by molar-refractivity contribution is 0.263. The molecule has 2 rings (SSSR count). The maximum absolute atomic E-state index is 5.81. The van der Waals surface area contributed by atoms with Crippen LogP contribution >= 0.6 is 11.6 Å². The molecule has 1 aromatic heterocycles. The molecule has 2 aromatic rings. The Hall–Kier alpha value is -1.81. The topological polar surface area (TPSA) is 44.2 Å². The Balaban J connectivity index is 2.10. The number of halogens is 1. The summed E-state index contributed by atoms with van der Waals surface area (Å²) in [6, 6.07) is 7.42. The van der Waals surface area contributed by atoms with Gasteiger partial charge in [0.2, 0.25) is 0 Å². The molecule has 0 aliphatic rings. The van der Waals surface area contributed by atoms with Crippen molar-refractivity contribution in [3.63, 3.8) is 0 Å². The number of alkyl halides is 1. The Kier molecular flexibility index (Phi) is 4.98. The zero-order chi connectivity index (χ0) is 13.5. The highest BCUT2D eigenvalue weighted by Gasteiger charge is 2.07. The van der Waals surface area contributed by atoms with Crippen LogP contribution in [0.25, 0.3) is 0 Å². The number of hydrogen-bond acceptors (Lipinski definition) is 4. The van der Waals surface area contributed by atoms with Crippen molar-refractivity contribution in [3.8, 4) is 11.5 Å². The first kappa shape index (κ1) is 13.6. The number of hydrogen-bond donors (Lipinski definition) is 0. The van der Waals surface area contributed by atoms with Gasteiger partial charge >= 0.3 is 0 Å². The molecule has 1 aromatic carbocycles. The third-order valence-electron chi connectivity index (χ3n) is 2.44. The fraction of sp³-hybridized carbons (Fsp3) is 0.286. The van der Waals surface area contributed by atoms with Crippen molar-refractivity contribution in [2.75, 3.05) is 6.61 Å². The van der Waals surface area contributed by atoms with E-state index in [0.29, 0.717) is 36.4 Å². The van der Waals surface area contributed by atoms with Gasteiger partial charge in [0.25, 0.3) is 0 Å². The molecule has 0 fully saturated rings. The molecular formula is C14H15ClN2O2. The minimum Gasteiger partial charge on any atom is -0.490 e. The largest absolute Gasteiger partial charge is 0.490 e.